The fraction of sp³-hybridized carbons (Fsp3) is 0.333. The summed E-state index contributed by atoms with van der Waals surface area (Å²) in [5, 5.41) is 0. The lowest BCUT2D eigenvalue weighted by Crippen LogP contribution is -2.34. The Bertz CT molecular complexity index is 417. The topological polar surface area (TPSA) is 60.2 Å². The van der Waals surface area contributed by atoms with Gasteiger partial charge in [-0.15, -0.1) is 0 Å². The van der Waals surface area contributed by atoms with E-state index in [1.54, 1.807) is 6.07 Å². The van der Waals surface area contributed by atoms with Crippen LogP contribution in [-0.4, -0.2) is 24.3 Å². The van der Waals surface area contributed by atoms with Crippen LogP contribution in [-0.2, 0) is 9.59 Å². The fourth-order valence-electron chi connectivity index (χ4n) is 1.58. The lowest BCUT2D eigenvalue weighted by Gasteiger charge is -2.20. The zero-order valence-corrected chi connectivity index (χ0v) is 9.28. The molecule has 1 rings (SSSR count). The third-order valence-electron chi connectivity index (χ3n) is 2.35. The van der Waals surface area contributed by atoms with Gasteiger partial charge in [-0.1, -0.05) is 30.3 Å². The molecule has 1 aromatic rings. The highest BCUT2D eigenvalue weighted by Gasteiger charge is 2.45. The van der Waals surface area contributed by atoms with Crippen LogP contribution in [0.1, 0.15) is 17.9 Å². The lowest BCUT2D eigenvalue weighted by atomic mass is 9.91. The van der Waals surface area contributed by atoms with Gasteiger partial charge in [-0.2, -0.15) is 13.2 Å². The van der Waals surface area contributed by atoms with Gasteiger partial charge in [0.1, 0.15) is 5.92 Å². The number of carbonyl (C=O) groups excluding carboxylic acids is 2. The van der Waals surface area contributed by atoms with E-state index in [0.29, 0.717) is 0 Å². The number of benzene rings is 1. The highest BCUT2D eigenvalue weighted by atomic mass is 19.4. The van der Waals surface area contributed by atoms with Crippen molar-refractivity contribution in [3.05, 3.63) is 35.9 Å². The number of carbonyl (C=O) groups is 1. The highest BCUT2D eigenvalue weighted by molar-refractivity contribution is 5.89. The second kappa shape index (κ2) is 5.77. The van der Waals surface area contributed by atoms with Crippen LogP contribution in [0.3, 0.4) is 0 Å². The van der Waals surface area contributed by atoms with E-state index in [1.165, 1.54) is 30.6 Å². The predicted molar refractivity (Wildman–Crippen MR) is 58.5 cm³/mol. The minimum Gasteiger partial charge on any atom is -0.321 e. The summed E-state index contributed by atoms with van der Waals surface area (Å²) in [5.74, 6) is -3.39. The highest BCUT2D eigenvalue weighted by Crippen LogP contribution is 2.36. The molecular formula is C12H11F3NO2. The average Bonchev–Trinajstić information content (AvgIpc) is 2.28. The van der Waals surface area contributed by atoms with E-state index < -0.39 is 30.3 Å². The van der Waals surface area contributed by atoms with Crippen molar-refractivity contribution in [1.29, 1.82) is 0 Å². The molecule has 0 fully saturated rings. The van der Waals surface area contributed by atoms with Crippen molar-refractivity contribution < 1.29 is 22.8 Å². The number of nitrogens with two attached hydrogens (primary N) is 1. The maximum absolute atomic E-state index is 12.9. The SMILES string of the molecule is N[C@H]([C]=O)CC(=O)C(c1ccccc1)C(F)(F)F. The molecule has 6 heteroatoms. The minimum atomic E-state index is -4.71. The molecule has 1 radical (unpaired) electrons. The first kappa shape index (κ1) is 14.4. The zero-order chi connectivity index (χ0) is 13.8. The zero-order valence-electron chi connectivity index (χ0n) is 9.28. The molecule has 1 aromatic carbocycles. The number of alkyl halides is 3. The van der Waals surface area contributed by atoms with Crippen molar-refractivity contribution in [2.45, 2.75) is 24.6 Å². The van der Waals surface area contributed by atoms with E-state index in [-0.39, 0.29) is 5.56 Å². The van der Waals surface area contributed by atoms with Gasteiger partial charge in [-0.25, -0.2) is 0 Å². The van der Waals surface area contributed by atoms with Crippen LogP contribution < -0.4 is 5.73 Å². The van der Waals surface area contributed by atoms with E-state index in [2.05, 4.69) is 0 Å². The van der Waals surface area contributed by atoms with Crippen molar-refractivity contribution in [2.24, 2.45) is 5.73 Å². The van der Waals surface area contributed by atoms with Gasteiger partial charge in [-0.3, -0.25) is 9.59 Å². The van der Waals surface area contributed by atoms with Crippen LogP contribution in [0.15, 0.2) is 30.3 Å². The van der Waals surface area contributed by atoms with Crippen LogP contribution in [0.4, 0.5) is 13.2 Å². The fourth-order valence-corrected chi connectivity index (χ4v) is 1.58. The minimum absolute atomic E-state index is 0.159. The molecule has 0 saturated carbocycles. The molecule has 1 unspecified atom stereocenters. The predicted octanol–water partition coefficient (Wildman–Crippen LogP) is 1.73. The smallest absolute Gasteiger partial charge is 0.321 e. The number of halogens is 3. The normalized spacial score (nSPS) is 14.9. The Balaban J connectivity index is 3.01. The van der Waals surface area contributed by atoms with Crippen LogP contribution in [0, 0.1) is 0 Å². The summed E-state index contributed by atoms with van der Waals surface area (Å²) in [4.78, 5) is 21.7. The quantitative estimate of drug-likeness (QED) is 0.874. The molecule has 0 aliphatic heterocycles. The molecule has 97 valence electrons. The van der Waals surface area contributed by atoms with Crippen molar-refractivity contribution in [3.8, 4) is 0 Å². The Morgan fingerprint density at radius 1 is 1.28 bits per heavy atom. The Labute approximate surface area is 102 Å². The summed E-state index contributed by atoms with van der Waals surface area (Å²) >= 11 is 0. The first-order valence-electron chi connectivity index (χ1n) is 5.14. The van der Waals surface area contributed by atoms with Crippen LogP contribution in [0.25, 0.3) is 0 Å². The molecule has 0 aliphatic carbocycles. The summed E-state index contributed by atoms with van der Waals surface area (Å²) in [7, 11) is 0. The van der Waals surface area contributed by atoms with Crippen molar-refractivity contribution >= 4 is 12.1 Å². The average molecular weight is 258 g/mol. The lowest BCUT2D eigenvalue weighted by molar-refractivity contribution is -0.163. The molecule has 0 saturated heterocycles. The van der Waals surface area contributed by atoms with Gasteiger partial charge in [0.25, 0.3) is 0 Å². The molecule has 18 heavy (non-hydrogen) atoms. The van der Waals surface area contributed by atoms with E-state index in [0.717, 1.165) is 0 Å². The van der Waals surface area contributed by atoms with E-state index in [1.807, 2.05) is 0 Å². The molecule has 0 spiro atoms. The summed E-state index contributed by atoms with van der Waals surface area (Å²) < 4.78 is 38.6. The van der Waals surface area contributed by atoms with Gasteiger partial charge in [0, 0.05) is 6.42 Å². The van der Waals surface area contributed by atoms with Gasteiger partial charge in [-0.05, 0) is 5.56 Å². The maximum atomic E-state index is 12.9. The van der Waals surface area contributed by atoms with Crippen molar-refractivity contribution in [1.82, 2.24) is 0 Å². The number of Topliss-reactive ketones (excluding diaryl/α,β-unsaturated/α-hetero) is 1. The van der Waals surface area contributed by atoms with Gasteiger partial charge >= 0.3 is 6.18 Å². The van der Waals surface area contributed by atoms with Crippen LogP contribution >= 0.6 is 0 Å². The van der Waals surface area contributed by atoms with Crippen LogP contribution in [0.5, 0.6) is 0 Å². The monoisotopic (exact) mass is 258 g/mol. The second-order valence-corrected chi connectivity index (χ2v) is 3.78. The first-order valence-corrected chi connectivity index (χ1v) is 5.14. The van der Waals surface area contributed by atoms with Crippen molar-refractivity contribution in [3.63, 3.8) is 0 Å². The molecule has 0 bridgehead atoms. The van der Waals surface area contributed by atoms with Crippen LogP contribution in [0.2, 0.25) is 0 Å². The van der Waals surface area contributed by atoms with E-state index in [4.69, 9.17) is 5.73 Å². The van der Waals surface area contributed by atoms with E-state index >= 15 is 0 Å². The molecule has 0 amide bonds. The maximum Gasteiger partial charge on any atom is 0.402 e. The largest absolute Gasteiger partial charge is 0.402 e. The number of hydrogen-bond acceptors (Lipinski definition) is 3. The molecule has 0 aliphatic rings. The third-order valence-corrected chi connectivity index (χ3v) is 2.35. The molecule has 0 aromatic heterocycles. The van der Waals surface area contributed by atoms with E-state index in [9.17, 15) is 22.8 Å². The van der Waals surface area contributed by atoms with Gasteiger partial charge in [0.05, 0.1) is 6.04 Å². The Kier molecular flexibility index (Phi) is 4.61. The molecule has 0 heterocycles. The molecule has 2 atom stereocenters. The molecule has 2 N–H and O–H groups in total. The summed E-state index contributed by atoms with van der Waals surface area (Å²) in [6, 6.07) is 5.47. The Hall–Kier alpha value is -1.69. The van der Waals surface area contributed by atoms with Gasteiger partial charge in [0.2, 0.25) is 6.29 Å². The summed E-state index contributed by atoms with van der Waals surface area (Å²) in [5.41, 5.74) is 4.96. The molecular weight excluding hydrogens is 247 g/mol. The Morgan fingerprint density at radius 2 is 1.83 bits per heavy atom. The number of ketones is 1. The summed E-state index contributed by atoms with van der Waals surface area (Å²) in [6.45, 7) is 0. The first-order chi connectivity index (χ1) is 8.36. The van der Waals surface area contributed by atoms with Gasteiger partial charge < -0.3 is 5.73 Å². The second-order valence-electron chi connectivity index (χ2n) is 3.78. The van der Waals surface area contributed by atoms with Gasteiger partial charge in [0.15, 0.2) is 5.78 Å². The number of rotatable bonds is 5. The molecule has 3 nitrogen and oxygen atoms in total. The van der Waals surface area contributed by atoms with Crippen molar-refractivity contribution in [2.75, 3.05) is 0 Å². The Morgan fingerprint density at radius 3 is 2.28 bits per heavy atom. The number of hydrogen-bond donors (Lipinski definition) is 1. The third kappa shape index (κ3) is 3.66. The summed E-state index contributed by atoms with van der Waals surface area (Å²) in [6.07, 6.45) is -4.09. The standard InChI is InChI=1S/C12H11F3NO2/c13-12(14,15)11(8-4-2-1-3-5-8)10(18)6-9(16)7-17/h1-5,9,11H,6,16H2/t9-,11?/m0/s1.